The molecule has 0 aliphatic rings. The van der Waals surface area contributed by atoms with E-state index in [9.17, 15) is 22.9 Å². The van der Waals surface area contributed by atoms with Crippen LogP contribution in [-0.4, -0.2) is 23.1 Å². The van der Waals surface area contributed by atoms with Crippen LogP contribution in [0.5, 0.6) is 0 Å². The number of anilines is 1. The highest BCUT2D eigenvalue weighted by molar-refractivity contribution is 7.92. The molecule has 2 rings (SSSR count). The number of benzene rings is 1. The summed E-state index contributed by atoms with van der Waals surface area (Å²) < 4.78 is 41.4. The number of aryl methyl sites for hydroxylation is 2. The zero-order chi connectivity index (χ0) is 15.8. The lowest BCUT2D eigenvalue weighted by Gasteiger charge is -2.08. The molecule has 1 aromatic heterocycles. The molecule has 1 aromatic carbocycles. The minimum atomic E-state index is -4.10. The average molecular weight is 314 g/mol. The molecule has 0 saturated heterocycles. The molecule has 0 unspecified atom stereocenters. The summed E-state index contributed by atoms with van der Waals surface area (Å²) >= 11 is 0. The molecule has 10 heteroatoms. The van der Waals surface area contributed by atoms with Crippen molar-refractivity contribution < 1.29 is 17.7 Å². The van der Waals surface area contributed by atoms with Gasteiger partial charge in [0.25, 0.3) is 10.0 Å². The Labute approximate surface area is 119 Å². The van der Waals surface area contributed by atoms with Gasteiger partial charge in [0, 0.05) is 25.4 Å². The summed E-state index contributed by atoms with van der Waals surface area (Å²) in [6.07, 6.45) is 1.53. The third kappa shape index (κ3) is 2.99. The summed E-state index contributed by atoms with van der Waals surface area (Å²) in [6.45, 7) is 1.35. The number of hydrogen-bond acceptors (Lipinski definition) is 5. The zero-order valence-corrected chi connectivity index (χ0v) is 11.9. The number of rotatable bonds is 4. The van der Waals surface area contributed by atoms with Crippen LogP contribution < -0.4 is 4.72 Å². The molecule has 8 nitrogen and oxygen atoms in total. The molecule has 112 valence electrons. The van der Waals surface area contributed by atoms with Gasteiger partial charge in [-0.2, -0.15) is 9.49 Å². The molecular formula is C11H11FN4O4S. The van der Waals surface area contributed by atoms with Crippen molar-refractivity contribution >= 4 is 21.5 Å². The van der Waals surface area contributed by atoms with E-state index in [1.165, 1.54) is 23.9 Å². The van der Waals surface area contributed by atoms with Gasteiger partial charge in [-0.25, -0.2) is 8.42 Å². The first-order valence-corrected chi connectivity index (χ1v) is 7.16. The molecule has 21 heavy (non-hydrogen) atoms. The van der Waals surface area contributed by atoms with Gasteiger partial charge in [0.15, 0.2) is 5.82 Å². The van der Waals surface area contributed by atoms with Crippen LogP contribution in [0, 0.1) is 22.9 Å². The molecule has 0 fully saturated rings. The minimum absolute atomic E-state index is 0.0570. The van der Waals surface area contributed by atoms with Crippen molar-refractivity contribution in [2.45, 2.75) is 11.8 Å². The van der Waals surface area contributed by atoms with Crippen LogP contribution in [0.25, 0.3) is 0 Å². The molecule has 0 saturated carbocycles. The van der Waals surface area contributed by atoms with Crippen molar-refractivity contribution in [3.63, 3.8) is 0 Å². The van der Waals surface area contributed by atoms with Crippen LogP contribution in [0.15, 0.2) is 29.3 Å². The molecule has 1 heterocycles. The van der Waals surface area contributed by atoms with E-state index in [1.54, 1.807) is 7.05 Å². The number of aromatic nitrogens is 2. The molecule has 2 aromatic rings. The van der Waals surface area contributed by atoms with Gasteiger partial charge in [0.2, 0.25) is 5.82 Å². The second-order valence-corrected chi connectivity index (χ2v) is 5.96. The van der Waals surface area contributed by atoms with Crippen molar-refractivity contribution in [2.75, 3.05) is 4.72 Å². The lowest BCUT2D eigenvalue weighted by Crippen LogP contribution is -2.15. The van der Waals surface area contributed by atoms with Crippen molar-refractivity contribution in [2.24, 2.45) is 7.05 Å². The van der Waals surface area contributed by atoms with E-state index >= 15 is 0 Å². The fourth-order valence-electron chi connectivity index (χ4n) is 1.73. The Bertz CT molecular complexity index is 816. The van der Waals surface area contributed by atoms with Crippen LogP contribution in [0.1, 0.15) is 5.56 Å². The number of halogens is 1. The maximum Gasteiger partial charge on any atom is 0.306 e. The molecule has 0 spiro atoms. The number of nitro benzene ring substituents is 1. The van der Waals surface area contributed by atoms with Gasteiger partial charge < -0.3 is 0 Å². The highest BCUT2D eigenvalue weighted by Crippen LogP contribution is 2.26. The van der Waals surface area contributed by atoms with Crippen LogP contribution in [-0.2, 0) is 17.1 Å². The highest BCUT2D eigenvalue weighted by atomic mass is 32.2. The Balaban J connectivity index is 2.49. The summed E-state index contributed by atoms with van der Waals surface area (Å²) in [6, 6.07) is 2.92. The first-order chi connectivity index (χ1) is 9.70. The van der Waals surface area contributed by atoms with Gasteiger partial charge >= 0.3 is 5.69 Å². The van der Waals surface area contributed by atoms with E-state index in [1.807, 2.05) is 0 Å². The molecule has 1 N–H and O–H groups in total. The quantitative estimate of drug-likeness (QED) is 0.681. The van der Waals surface area contributed by atoms with E-state index in [-0.39, 0.29) is 16.3 Å². The number of nitrogens with one attached hydrogen (secondary N) is 1. The Morgan fingerprint density at radius 3 is 2.62 bits per heavy atom. The summed E-state index contributed by atoms with van der Waals surface area (Å²) in [5, 5.41) is 14.6. The van der Waals surface area contributed by atoms with E-state index < -0.39 is 26.5 Å². The maximum atomic E-state index is 13.4. The van der Waals surface area contributed by atoms with E-state index in [4.69, 9.17) is 0 Å². The predicted molar refractivity (Wildman–Crippen MR) is 71.8 cm³/mol. The van der Waals surface area contributed by atoms with Crippen molar-refractivity contribution in [1.82, 2.24) is 9.78 Å². The third-order valence-electron chi connectivity index (χ3n) is 2.68. The first kappa shape index (κ1) is 14.9. The normalized spacial score (nSPS) is 11.4. The van der Waals surface area contributed by atoms with Gasteiger partial charge in [0.1, 0.15) is 0 Å². The lowest BCUT2D eigenvalue weighted by atomic mass is 10.2. The molecule has 0 aliphatic heterocycles. The van der Waals surface area contributed by atoms with E-state index in [0.717, 1.165) is 6.07 Å². The highest BCUT2D eigenvalue weighted by Gasteiger charge is 2.24. The number of nitrogens with zero attached hydrogens (tertiary/aromatic N) is 3. The molecule has 0 atom stereocenters. The number of nitro groups is 1. The fraction of sp³-hybridized carbons (Fsp3) is 0.182. The van der Waals surface area contributed by atoms with Crippen LogP contribution in [0.3, 0.4) is 0 Å². The molecule has 0 radical (unpaired) electrons. The van der Waals surface area contributed by atoms with Crippen molar-refractivity contribution in [3.05, 3.63) is 45.9 Å². The lowest BCUT2D eigenvalue weighted by molar-refractivity contribution is -0.387. The number of sulfonamides is 1. The van der Waals surface area contributed by atoms with E-state index in [2.05, 4.69) is 9.82 Å². The van der Waals surface area contributed by atoms with Gasteiger partial charge in [0.05, 0.1) is 9.82 Å². The second kappa shape index (κ2) is 5.13. The molecule has 0 amide bonds. The van der Waals surface area contributed by atoms with Crippen LogP contribution in [0.4, 0.5) is 15.9 Å². The van der Waals surface area contributed by atoms with Crippen molar-refractivity contribution in [1.29, 1.82) is 0 Å². The Morgan fingerprint density at radius 2 is 2.10 bits per heavy atom. The largest absolute Gasteiger partial charge is 0.306 e. The average Bonchev–Trinajstić information content (AvgIpc) is 2.72. The minimum Gasteiger partial charge on any atom is -0.274 e. The monoisotopic (exact) mass is 314 g/mol. The van der Waals surface area contributed by atoms with Gasteiger partial charge in [-0.15, -0.1) is 0 Å². The fourth-order valence-corrected chi connectivity index (χ4v) is 2.98. The third-order valence-corrected chi connectivity index (χ3v) is 4.18. The SMILES string of the molecule is Cc1cc(F)c([N+](=O)[O-])cc1S(=O)(=O)Nc1ccn(C)n1. The predicted octanol–water partition coefficient (Wildman–Crippen LogP) is 1.58. The molecular weight excluding hydrogens is 303 g/mol. The van der Waals surface area contributed by atoms with Crippen molar-refractivity contribution in [3.8, 4) is 0 Å². The Hall–Kier alpha value is -2.49. The zero-order valence-electron chi connectivity index (χ0n) is 11.1. The van der Waals surface area contributed by atoms with Crippen LogP contribution in [0.2, 0.25) is 0 Å². The molecule has 0 aliphatic carbocycles. The number of hydrogen-bond donors (Lipinski definition) is 1. The Kier molecular flexibility index (Phi) is 3.64. The van der Waals surface area contributed by atoms with Crippen LogP contribution >= 0.6 is 0 Å². The smallest absolute Gasteiger partial charge is 0.274 e. The first-order valence-electron chi connectivity index (χ1n) is 5.68. The Morgan fingerprint density at radius 1 is 1.43 bits per heavy atom. The molecule has 0 bridgehead atoms. The topological polar surface area (TPSA) is 107 Å². The summed E-state index contributed by atoms with van der Waals surface area (Å²) in [5.74, 6) is -1.03. The van der Waals surface area contributed by atoms with E-state index in [0.29, 0.717) is 6.07 Å². The van der Waals surface area contributed by atoms with Gasteiger partial charge in [-0.05, 0) is 18.6 Å². The summed E-state index contributed by atoms with van der Waals surface area (Å²) in [7, 11) is -2.50. The summed E-state index contributed by atoms with van der Waals surface area (Å²) in [5.41, 5.74) is -0.844. The standard InChI is InChI=1S/C11H11FN4O4S/c1-7-5-8(12)9(16(17)18)6-10(7)21(19,20)14-11-3-4-15(2)13-11/h3-6H,1-2H3,(H,13,14). The summed E-state index contributed by atoms with van der Waals surface area (Å²) in [4.78, 5) is 9.36. The second-order valence-electron chi connectivity index (χ2n) is 4.31. The maximum absolute atomic E-state index is 13.4. The van der Waals surface area contributed by atoms with Gasteiger partial charge in [-0.1, -0.05) is 0 Å². The van der Waals surface area contributed by atoms with Gasteiger partial charge in [-0.3, -0.25) is 19.5 Å².